The molecule has 0 aliphatic carbocycles. The second-order valence-corrected chi connectivity index (χ2v) is 8.97. The number of alkyl halides is 3. The maximum absolute atomic E-state index is 13.1. The molecule has 2 aliphatic heterocycles. The van der Waals surface area contributed by atoms with E-state index in [1.54, 1.807) is 29.3 Å². The van der Waals surface area contributed by atoms with Crippen LogP contribution >= 0.6 is 0 Å². The molecule has 202 valence electrons. The number of ether oxygens (including phenoxy) is 1. The van der Waals surface area contributed by atoms with Crippen LogP contribution in [0.4, 0.5) is 23.4 Å². The van der Waals surface area contributed by atoms with Crippen LogP contribution in [0.25, 0.3) is 0 Å². The molecule has 1 unspecified atom stereocenters. The normalized spacial score (nSPS) is 17.9. The SMILES string of the molecule is CCN1C(=O)C(NC(=O)c2cccc(C(F)(F)F)c2)Cc2cnn(C3CCOCC3)c21.Fc1ccccc1. The van der Waals surface area contributed by atoms with Crippen molar-refractivity contribution >= 4 is 17.6 Å². The summed E-state index contributed by atoms with van der Waals surface area (Å²) >= 11 is 0. The zero-order chi connectivity index (χ0) is 27.3. The van der Waals surface area contributed by atoms with Crippen LogP contribution in [0, 0.1) is 5.82 Å². The molecule has 1 aromatic heterocycles. The van der Waals surface area contributed by atoms with Gasteiger partial charge < -0.3 is 10.1 Å². The number of benzene rings is 2. The van der Waals surface area contributed by atoms with E-state index in [-0.39, 0.29) is 29.8 Å². The number of fused-ring (bicyclic) bond motifs is 1. The van der Waals surface area contributed by atoms with Crippen LogP contribution in [0.5, 0.6) is 0 Å². The van der Waals surface area contributed by atoms with E-state index in [0.29, 0.717) is 19.8 Å². The van der Waals surface area contributed by atoms with Gasteiger partial charge in [-0.2, -0.15) is 18.3 Å². The molecule has 5 rings (SSSR count). The Bertz CT molecular complexity index is 1260. The van der Waals surface area contributed by atoms with Gasteiger partial charge in [0.2, 0.25) is 0 Å². The Morgan fingerprint density at radius 1 is 1.11 bits per heavy atom. The number of amides is 2. The molecule has 3 heterocycles. The first-order valence-electron chi connectivity index (χ1n) is 12.3. The molecule has 2 aromatic carbocycles. The predicted octanol–water partition coefficient (Wildman–Crippen LogP) is 4.79. The lowest BCUT2D eigenvalue weighted by Crippen LogP contribution is -2.53. The summed E-state index contributed by atoms with van der Waals surface area (Å²) in [5.74, 6) is -0.476. The molecule has 1 atom stereocenters. The fraction of sp³-hybridized carbons (Fsp3) is 0.370. The molecular weight excluding hydrogens is 504 g/mol. The molecule has 11 heteroatoms. The third kappa shape index (κ3) is 6.21. The van der Waals surface area contributed by atoms with Crippen LogP contribution in [0.3, 0.4) is 0 Å². The summed E-state index contributed by atoms with van der Waals surface area (Å²) in [5.41, 5.74) is -0.234. The molecule has 7 nitrogen and oxygen atoms in total. The molecule has 38 heavy (non-hydrogen) atoms. The van der Waals surface area contributed by atoms with Gasteiger partial charge in [0, 0.05) is 37.3 Å². The standard InChI is InChI=1S/C21H23F3N4O3.C6H5F/c1-2-27-19-14(12-25-28(19)16-6-8-31-9-7-16)11-17(20(27)30)26-18(29)13-4-3-5-15(10-13)21(22,23)24;7-6-4-2-1-3-5-6/h3-5,10,12,16-17H,2,6-9,11H2,1H3,(H,26,29);1-5H. The number of hydrogen-bond acceptors (Lipinski definition) is 4. The molecule has 1 N–H and O–H groups in total. The maximum atomic E-state index is 13.1. The van der Waals surface area contributed by atoms with Gasteiger partial charge in [0.15, 0.2) is 0 Å². The molecule has 0 radical (unpaired) electrons. The highest BCUT2D eigenvalue weighted by molar-refractivity contribution is 6.03. The maximum Gasteiger partial charge on any atom is 0.416 e. The highest BCUT2D eigenvalue weighted by atomic mass is 19.4. The molecule has 1 fully saturated rings. The van der Waals surface area contributed by atoms with Gasteiger partial charge in [-0.05, 0) is 50.1 Å². The number of nitrogens with zero attached hydrogens (tertiary/aromatic N) is 3. The first kappa shape index (κ1) is 27.3. The number of carbonyl (C=O) groups excluding carboxylic acids is 2. The summed E-state index contributed by atoms with van der Waals surface area (Å²) in [6.07, 6.45) is -1.02. The smallest absolute Gasteiger partial charge is 0.381 e. The second-order valence-electron chi connectivity index (χ2n) is 8.97. The van der Waals surface area contributed by atoms with Gasteiger partial charge in [0.25, 0.3) is 11.8 Å². The van der Waals surface area contributed by atoms with Crippen molar-refractivity contribution in [2.75, 3.05) is 24.7 Å². The number of halogens is 4. The van der Waals surface area contributed by atoms with Crippen molar-refractivity contribution < 1.29 is 31.9 Å². The topological polar surface area (TPSA) is 76.5 Å². The van der Waals surface area contributed by atoms with E-state index in [4.69, 9.17) is 4.74 Å². The third-order valence-electron chi connectivity index (χ3n) is 6.43. The van der Waals surface area contributed by atoms with Crippen molar-refractivity contribution in [3.63, 3.8) is 0 Å². The highest BCUT2D eigenvalue weighted by Crippen LogP contribution is 2.34. The van der Waals surface area contributed by atoms with Gasteiger partial charge in [-0.25, -0.2) is 9.07 Å². The van der Waals surface area contributed by atoms with E-state index in [9.17, 15) is 27.2 Å². The van der Waals surface area contributed by atoms with E-state index in [2.05, 4.69) is 10.4 Å². The van der Waals surface area contributed by atoms with Crippen molar-refractivity contribution in [1.29, 1.82) is 0 Å². The summed E-state index contributed by atoms with van der Waals surface area (Å²) < 4.78 is 58.1. The molecule has 0 bridgehead atoms. The highest BCUT2D eigenvalue weighted by Gasteiger charge is 2.38. The van der Waals surface area contributed by atoms with Crippen LogP contribution in [-0.2, 0) is 22.1 Å². The van der Waals surface area contributed by atoms with Gasteiger partial charge >= 0.3 is 6.18 Å². The van der Waals surface area contributed by atoms with Crippen LogP contribution in [-0.4, -0.2) is 47.4 Å². The molecule has 1 saturated heterocycles. The predicted molar refractivity (Wildman–Crippen MR) is 132 cm³/mol. The van der Waals surface area contributed by atoms with E-state index < -0.39 is 23.7 Å². The molecule has 3 aromatic rings. The largest absolute Gasteiger partial charge is 0.416 e. The van der Waals surface area contributed by atoms with Crippen LogP contribution < -0.4 is 10.2 Å². The Balaban J connectivity index is 0.000000417. The Morgan fingerprint density at radius 2 is 1.82 bits per heavy atom. The lowest BCUT2D eigenvalue weighted by molar-refractivity contribution is -0.137. The Hall–Kier alpha value is -3.73. The average Bonchev–Trinajstić information content (AvgIpc) is 3.33. The zero-order valence-electron chi connectivity index (χ0n) is 20.7. The van der Waals surface area contributed by atoms with Crippen molar-refractivity contribution in [2.24, 2.45) is 0 Å². The average molecular weight is 533 g/mol. The first-order chi connectivity index (χ1) is 18.2. The summed E-state index contributed by atoms with van der Waals surface area (Å²) in [5, 5.41) is 7.10. The van der Waals surface area contributed by atoms with Gasteiger partial charge in [-0.15, -0.1) is 0 Å². The van der Waals surface area contributed by atoms with Crippen LogP contribution in [0.2, 0.25) is 0 Å². The van der Waals surface area contributed by atoms with E-state index in [1.807, 2.05) is 11.6 Å². The second kappa shape index (κ2) is 11.8. The number of carbonyl (C=O) groups is 2. The van der Waals surface area contributed by atoms with Crippen LogP contribution in [0.1, 0.15) is 47.3 Å². The molecule has 0 spiro atoms. The Labute approximate surface area is 217 Å². The van der Waals surface area contributed by atoms with E-state index >= 15 is 0 Å². The molecule has 0 saturated carbocycles. The first-order valence-corrected chi connectivity index (χ1v) is 12.3. The van der Waals surface area contributed by atoms with Crippen LogP contribution in [0.15, 0.2) is 60.8 Å². The fourth-order valence-electron chi connectivity index (χ4n) is 4.54. The summed E-state index contributed by atoms with van der Waals surface area (Å²) in [7, 11) is 0. The summed E-state index contributed by atoms with van der Waals surface area (Å²) in [6.45, 7) is 3.49. The van der Waals surface area contributed by atoms with E-state index in [0.717, 1.165) is 36.4 Å². The number of rotatable bonds is 4. The minimum atomic E-state index is -4.55. The number of likely N-dealkylation sites (N-methyl/N-ethyl adjacent to an activating group) is 1. The fourth-order valence-corrected chi connectivity index (χ4v) is 4.54. The molecule has 2 amide bonds. The quantitative estimate of drug-likeness (QED) is 0.491. The minimum Gasteiger partial charge on any atom is -0.381 e. The number of nitrogens with one attached hydrogen (secondary N) is 1. The number of anilines is 1. The van der Waals surface area contributed by atoms with Crippen molar-refractivity contribution in [2.45, 2.75) is 44.4 Å². The Morgan fingerprint density at radius 3 is 2.42 bits per heavy atom. The monoisotopic (exact) mass is 532 g/mol. The van der Waals surface area contributed by atoms with Crippen molar-refractivity contribution in [3.05, 3.63) is 83.3 Å². The lowest BCUT2D eigenvalue weighted by Gasteiger charge is -2.34. The van der Waals surface area contributed by atoms with Crippen molar-refractivity contribution in [1.82, 2.24) is 15.1 Å². The van der Waals surface area contributed by atoms with Gasteiger partial charge in [0.1, 0.15) is 17.7 Å². The van der Waals surface area contributed by atoms with Crippen molar-refractivity contribution in [3.8, 4) is 0 Å². The summed E-state index contributed by atoms with van der Waals surface area (Å²) in [4.78, 5) is 27.3. The molecular formula is C27H28F4N4O3. The van der Waals surface area contributed by atoms with E-state index in [1.165, 1.54) is 24.3 Å². The third-order valence-corrected chi connectivity index (χ3v) is 6.43. The zero-order valence-corrected chi connectivity index (χ0v) is 20.7. The number of hydrogen-bond donors (Lipinski definition) is 1. The Kier molecular flexibility index (Phi) is 8.45. The molecule has 2 aliphatic rings. The number of aromatic nitrogens is 2. The minimum absolute atomic E-state index is 0.135. The van der Waals surface area contributed by atoms with Gasteiger partial charge in [-0.1, -0.05) is 24.3 Å². The van der Waals surface area contributed by atoms with Gasteiger partial charge in [-0.3, -0.25) is 14.5 Å². The lowest BCUT2D eigenvalue weighted by atomic mass is 10.0. The summed E-state index contributed by atoms with van der Waals surface area (Å²) in [6, 6.07) is 11.4. The van der Waals surface area contributed by atoms with Gasteiger partial charge in [0.05, 0.1) is 17.8 Å².